The summed E-state index contributed by atoms with van der Waals surface area (Å²) in [6, 6.07) is 0. The number of hydrogen-bond donors (Lipinski definition) is 0. The van der Waals surface area contributed by atoms with Crippen LogP contribution in [0.2, 0.25) is 0 Å². The van der Waals surface area contributed by atoms with Crippen molar-refractivity contribution < 1.29 is 9.53 Å². The first-order chi connectivity index (χ1) is 7.05. The first kappa shape index (κ1) is 9.59. The molecule has 3 aliphatic rings. The maximum atomic E-state index is 12.4. The van der Waals surface area contributed by atoms with Gasteiger partial charge < -0.3 is 4.74 Å². The monoisotopic (exact) mass is 206 g/mol. The molecule has 2 heteroatoms. The molecule has 1 aliphatic carbocycles. The highest BCUT2D eigenvalue weighted by molar-refractivity contribution is 5.88. The summed E-state index contributed by atoms with van der Waals surface area (Å²) in [6.07, 6.45) is 8.62. The van der Waals surface area contributed by atoms with Crippen molar-refractivity contribution in [3.05, 3.63) is 12.2 Å². The molecular weight excluding hydrogens is 188 g/mol. The van der Waals surface area contributed by atoms with Gasteiger partial charge in [-0.05, 0) is 26.7 Å². The molecule has 4 atom stereocenters. The third-order valence-corrected chi connectivity index (χ3v) is 4.49. The maximum Gasteiger partial charge on any atom is 0.145 e. The third kappa shape index (κ3) is 1.12. The zero-order chi connectivity index (χ0) is 10.7. The van der Waals surface area contributed by atoms with Gasteiger partial charge in [0.1, 0.15) is 5.78 Å². The number of Topliss-reactive ketones (excluding diaryl/α,β-unsaturated/α-hetero) is 1. The number of carbonyl (C=O) groups is 1. The predicted molar refractivity (Wildman–Crippen MR) is 57.5 cm³/mol. The minimum atomic E-state index is -0.313. The van der Waals surface area contributed by atoms with Crippen LogP contribution in [0.15, 0.2) is 12.2 Å². The second kappa shape index (κ2) is 2.73. The highest BCUT2D eigenvalue weighted by Crippen LogP contribution is 2.51. The molecule has 0 aromatic heterocycles. The van der Waals surface area contributed by atoms with Crippen molar-refractivity contribution in [2.24, 2.45) is 11.8 Å². The normalized spacial score (nSPS) is 53.1. The highest BCUT2D eigenvalue weighted by Gasteiger charge is 2.58. The van der Waals surface area contributed by atoms with Crippen LogP contribution >= 0.6 is 0 Å². The van der Waals surface area contributed by atoms with Crippen molar-refractivity contribution in [1.29, 1.82) is 0 Å². The molecule has 2 fully saturated rings. The summed E-state index contributed by atoms with van der Waals surface area (Å²) in [4.78, 5) is 12.4. The van der Waals surface area contributed by atoms with Gasteiger partial charge in [0.15, 0.2) is 0 Å². The standard InChI is InChI=1S/C13H18O2/c1-12-7-8-13(2,15-12)10-6-4-3-5-9(12)11(10)14/h7-10H,3-6H2,1-2H3/t9-,10+,12+,13-. The predicted octanol–water partition coefficient (Wildman–Crippen LogP) is 2.48. The van der Waals surface area contributed by atoms with Crippen LogP contribution in [0.5, 0.6) is 0 Å². The first-order valence-corrected chi connectivity index (χ1v) is 5.99. The molecule has 3 rings (SSSR count). The van der Waals surface area contributed by atoms with Crippen LogP contribution in [0, 0.1) is 11.8 Å². The Labute approximate surface area is 90.7 Å². The molecule has 82 valence electrons. The van der Waals surface area contributed by atoms with Crippen molar-refractivity contribution in [2.45, 2.75) is 50.7 Å². The minimum absolute atomic E-state index is 0.108. The van der Waals surface area contributed by atoms with Gasteiger partial charge in [-0.1, -0.05) is 25.0 Å². The summed E-state index contributed by atoms with van der Waals surface area (Å²) in [5.41, 5.74) is -0.626. The summed E-state index contributed by atoms with van der Waals surface area (Å²) in [5.74, 6) is 0.669. The van der Waals surface area contributed by atoms with E-state index in [9.17, 15) is 4.79 Å². The second-order valence-corrected chi connectivity index (χ2v) is 5.60. The largest absolute Gasteiger partial charge is 0.359 e. The van der Waals surface area contributed by atoms with E-state index in [1.807, 2.05) is 0 Å². The fraction of sp³-hybridized carbons (Fsp3) is 0.769. The molecular formula is C13H18O2. The van der Waals surface area contributed by atoms with Crippen LogP contribution < -0.4 is 0 Å². The number of carbonyl (C=O) groups excluding carboxylic acids is 1. The Morgan fingerprint density at radius 3 is 2.07 bits per heavy atom. The van der Waals surface area contributed by atoms with Crippen LogP contribution in [0.1, 0.15) is 39.5 Å². The fourth-order valence-electron chi connectivity index (χ4n) is 3.61. The van der Waals surface area contributed by atoms with Gasteiger partial charge in [-0.2, -0.15) is 0 Å². The van der Waals surface area contributed by atoms with E-state index in [2.05, 4.69) is 26.0 Å². The molecule has 0 N–H and O–H groups in total. The average Bonchev–Trinajstić information content (AvgIpc) is 2.35. The third-order valence-electron chi connectivity index (χ3n) is 4.49. The number of rotatable bonds is 0. The topological polar surface area (TPSA) is 26.3 Å². The SMILES string of the molecule is C[C@]12C=C[C@](C)(O1)[C@@H]1CCCC[C@H]2C1=O. The molecule has 1 saturated heterocycles. The summed E-state index contributed by atoms with van der Waals surface area (Å²) >= 11 is 0. The lowest BCUT2D eigenvalue weighted by atomic mass is 9.74. The van der Waals surface area contributed by atoms with Gasteiger partial charge in [0.05, 0.1) is 23.0 Å². The van der Waals surface area contributed by atoms with Crippen molar-refractivity contribution in [2.75, 3.05) is 0 Å². The Kier molecular flexibility index (Phi) is 1.75. The molecule has 1 saturated carbocycles. The Bertz CT molecular complexity index is 316. The van der Waals surface area contributed by atoms with Gasteiger partial charge in [-0.15, -0.1) is 0 Å². The van der Waals surface area contributed by atoms with Crippen LogP contribution in [-0.4, -0.2) is 17.0 Å². The van der Waals surface area contributed by atoms with Gasteiger partial charge >= 0.3 is 0 Å². The van der Waals surface area contributed by atoms with E-state index in [4.69, 9.17) is 4.74 Å². The van der Waals surface area contributed by atoms with Crippen LogP contribution in [0.4, 0.5) is 0 Å². The fourth-order valence-corrected chi connectivity index (χ4v) is 3.61. The number of hydrogen-bond acceptors (Lipinski definition) is 2. The van der Waals surface area contributed by atoms with E-state index in [0.29, 0.717) is 5.78 Å². The smallest absolute Gasteiger partial charge is 0.145 e. The molecule has 0 aromatic rings. The van der Waals surface area contributed by atoms with Gasteiger partial charge in [-0.25, -0.2) is 0 Å². The van der Waals surface area contributed by atoms with E-state index in [1.165, 1.54) is 12.8 Å². The number of ketones is 1. The van der Waals surface area contributed by atoms with Crippen molar-refractivity contribution in [1.82, 2.24) is 0 Å². The molecule has 15 heavy (non-hydrogen) atoms. The van der Waals surface area contributed by atoms with E-state index in [0.717, 1.165) is 12.8 Å². The van der Waals surface area contributed by atoms with E-state index in [-0.39, 0.29) is 23.0 Å². The molecule has 0 radical (unpaired) electrons. The van der Waals surface area contributed by atoms with Crippen LogP contribution in [-0.2, 0) is 9.53 Å². The molecule has 0 unspecified atom stereocenters. The van der Waals surface area contributed by atoms with E-state index >= 15 is 0 Å². The van der Waals surface area contributed by atoms with Gasteiger partial charge in [0, 0.05) is 0 Å². The zero-order valence-corrected chi connectivity index (χ0v) is 9.45. The van der Waals surface area contributed by atoms with Crippen LogP contribution in [0.3, 0.4) is 0 Å². The van der Waals surface area contributed by atoms with E-state index < -0.39 is 0 Å². The zero-order valence-electron chi connectivity index (χ0n) is 9.45. The summed E-state index contributed by atoms with van der Waals surface area (Å²) < 4.78 is 6.16. The average molecular weight is 206 g/mol. The molecule has 0 spiro atoms. The second-order valence-electron chi connectivity index (χ2n) is 5.60. The number of ether oxygens (including phenoxy) is 1. The molecule has 2 heterocycles. The lowest BCUT2D eigenvalue weighted by Gasteiger charge is -2.45. The molecule has 0 aromatic carbocycles. The number of fused-ring (bicyclic) bond motifs is 6. The van der Waals surface area contributed by atoms with Gasteiger partial charge in [0.25, 0.3) is 0 Å². The van der Waals surface area contributed by atoms with Crippen molar-refractivity contribution in [3.8, 4) is 0 Å². The Morgan fingerprint density at radius 2 is 1.60 bits per heavy atom. The lowest BCUT2D eigenvalue weighted by Crippen LogP contribution is -2.54. The lowest BCUT2D eigenvalue weighted by molar-refractivity contribution is -0.179. The first-order valence-electron chi connectivity index (χ1n) is 5.99. The summed E-state index contributed by atoms with van der Waals surface area (Å²) in [7, 11) is 0. The molecule has 0 amide bonds. The van der Waals surface area contributed by atoms with Crippen LogP contribution in [0.25, 0.3) is 0 Å². The summed E-state index contributed by atoms with van der Waals surface area (Å²) in [6.45, 7) is 4.14. The molecule has 4 bridgehead atoms. The Balaban J connectivity index is 2.10. The highest BCUT2D eigenvalue weighted by atomic mass is 16.5. The van der Waals surface area contributed by atoms with E-state index in [1.54, 1.807) is 0 Å². The van der Waals surface area contributed by atoms with Crippen molar-refractivity contribution in [3.63, 3.8) is 0 Å². The Morgan fingerprint density at radius 1 is 1.13 bits per heavy atom. The minimum Gasteiger partial charge on any atom is -0.359 e. The summed E-state index contributed by atoms with van der Waals surface area (Å²) in [5, 5.41) is 0. The van der Waals surface area contributed by atoms with Crippen molar-refractivity contribution >= 4 is 5.78 Å². The quantitative estimate of drug-likeness (QED) is 0.569. The van der Waals surface area contributed by atoms with Gasteiger partial charge in [-0.3, -0.25) is 4.79 Å². The molecule has 2 nitrogen and oxygen atoms in total. The Hall–Kier alpha value is -0.630. The molecule has 2 aliphatic heterocycles. The maximum absolute atomic E-state index is 12.4. The van der Waals surface area contributed by atoms with Gasteiger partial charge in [0.2, 0.25) is 0 Å².